The molecule has 0 bridgehead atoms. The molecule has 0 spiro atoms. The minimum Gasteiger partial charge on any atom is -0.475 e. The van der Waals surface area contributed by atoms with Crippen LogP contribution in [0.15, 0.2) is 23.1 Å². The third-order valence-corrected chi connectivity index (χ3v) is 5.14. The van der Waals surface area contributed by atoms with Crippen LogP contribution >= 0.6 is 0 Å². The molecule has 4 rings (SSSR count). The second kappa shape index (κ2) is 12.5. The van der Waals surface area contributed by atoms with Crippen molar-refractivity contribution in [1.82, 2.24) is 20.0 Å². The molecule has 10 nitrogen and oxygen atoms in total. The van der Waals surface area contributed by atoms with Crippen LogP contribution in [-0.4, -0.2) is 80.7 Å². The highest BCUT2D eigenvalue weighted by atomic mass is 19.4. The van der Waals surface area contributed by atoms with Crippen molar-refractivity contribution in [1.29, 1.82) is 0 Å². The first kappa shape index (κ1) is 28.8. The van der Waals surface area contributed by atoms with Crippen LogP contribution in [0.4, 0.5) is 32.2 Å². The number of fused-ring (bicyclic) bond motifs is 1. The maximum absolute atomic E-state index is 10.6. The SMILES string of the molecule is O=C(O)C(F)(F)F.O=C(O)C(F)(F)F.c1cnc(N2CCN(Cc3noc4c3CCCC4)CC2)cn1. The lowest BCUT2D eigenvalue weighted by atomic mass is 9.96. The van der Waals surface area contributed by atoms with E-state index < -0.39 is 24.3 Å². The fraction of sp³-hybridized carbons (Fsp3) is 0.550. The van der Waals surface area contributed by atoms with Crippen molar-refractivity contribution in [3.63, 3.8) is 0 Å². The lowest BCUT2D eigenvalue weighted by Gasteiger charge is -2.34. The molecule has 2 N–H and O–H groups in total. The number of rotatable bonds is 3. The molecule has 200 valence electrons. The molecule has 0 aromatic carbocycles. The van der Waals surface area contributed by atoms with Crippen molar-refractivity contribution < 1.29 is 50.7 Å². The van der Waals surface area contributed by atoms with Gasteiger partial charge in [0.25, 0.3) is 0 Å². The zero-order valence-electron chi connectivity index (χ0n) is 18.7. The Labute approximate surface area is 200 Å². The van der Waals surface area contributed by atoms with Crippen LogP contribution in [0.5, 0.6) is 0 Å². The molecule has 0 radical (unpaired) electrons. The third-order valence-electron chi connectivity index (χ3n) is 5.14. The second-order valence-electron chi connectivity index (χ2n) is 7.67. The van der Waals surface area contributed by atoms with Crippen molar-refractivity contribution in [2.75, 3.05) is 31.1 Å². The number of alkyl halides is 6. The lowest BCUT2D eigenvalue weighted by molar-refractivity contribution is -0.193. The monoisotopic (exact) mass is 527 g/mol. The summed E-state index contributed by atoms with van der Waals surface area (Å²) in [6.45, 7) is 4.93. The van der Waals surface area contributed by atoms with Gasteiger partial charge in [-0.1, -0.05) is 5.16 Å². The van der Waals surface area contributed by atoms with E-state index in [9.17, 15) is 26.3 Å². The van der Waals surface area contributed by atoms with Crippen LogP contribution in [0.3, 0.4) is 0 Å². The zero-order valence-corrected chi connectivity index (χ0v) is 18.7. The highest BCUT2D eigenvalue weighted by molar-refractivity contribution is 5.73. The molecule has 2 aromatic rings. The molecule has 1 saturated heterocycles. The molecule has 3 heterocycles. The first-order valence-corrected chi connectivity index (χ1v) is 10.6. The maximum atomic E-state index is 10.6. The molecular weight excluding hydrogens is 504 g/mol. The van der Waals surface area contributed by atoms with Gasteiger partial charge >= 0.3 is 24.3 Å². The van der Waals surface area contributed by atoms with Crippen molar-refractivity contribution in [2.45, 2.75) is 44.6 Å². The molecule has 0 atom stereocenters. The van der Waals surface area contributed by atoms with Crippen LogP contribution in [0, 0.1) is 0 Å². The summed E-state index contributed by atoms with van der Waals surface area (Å²) in [7, 11) is 0. The third kappa shape index (κ3) is 8.98. The molecule has 1 aliphatic heterocycles. The fourth-order valence-electron chi connectivity index (χ4n) is 3.37. The molecule has 0 amide bonds. The molecule has 1 aliphatic carbocycles. The van der Waals surface area contributed by atoms with Gasteiger partial charge < -0.3 is 19.6 Å². The Hall–Kier alpha value is -3.43. The van der Waals surface area contributed by atoms with Crippen molar-refractivity contribution in [3.8, 4) is 0 Å². The number of aromatic nitrogens is 3. The fourth-order valence-corrected chi connectivity index (χ4v) is 3.37. The smallest absolute Gasteiger partial charge is 0.475 e. The normalized spacial score (nSPS) is 16.1. The van der Waals surface area contributed by atoms with Crippen LogP contribution in [0.1, 0.15) is 29.9 Å². The molecule has 0 unspecified atom stereocenters. The average Bonchev–Trinajstić information content (AvgIpc) is 3.22. The largest absolute Gasteiger partial charge is 0.490 e. The van der Waals surface area contributed by atoms with Gasteiger partial charge in [-0.05, 0) is 19.3 Å². The van der Waals surface area contributed by atoms with E-state index in [2.05, 4.69) is 24.9 Å². The van der Waals surface area contributed by atoms with E-state index in [4.69, 9.17) is 24.3 Å². The minimum atomic E-state index is -5.08. The topological polar surface area (TPSA) is 133 Å². The van der Waals surface area contributed by atoms with Crippen molar-refractivity contribution in [3.05, 3.63) is 35.6 Å². The van der Waals surface area contributed by atoms with Gasteiger partial charge in [0.2, 0.25) is 0 Å². The summed E-state index contributed by atoms with van der Waals surface area (Å²) in [5.41, 5.74) is 2.53. The number of halogens is 6. The van der Waals surface area contributed by atoms with Gasteiger partial charge in [0.1, 0.15) is 17.3 Å². The Morgan fingerprint density at radius 2 is 1.47 bits per heavy atom. The highest BCUT2D eigenvalue weighted by Crippen LogP contribution is 2.25. The zero-order chi connectivity index (χ0) is 26.9. The highest BCUT2D eigenvalue weighted by Gasteiger charge is 2.38. The molecule has 0 saturated carbocycles. The van der Waals surface area contributed by atoms with Gasteiger partial charge in [-0.15, -0.1) is 0 Å². The number of piperazine rings is 1. The Morgan fingerprint density at radius 1 is 0.917 bits per heavy atom. The number of anilines is 1. The summed E-state index contributed by atoms with van der Waals surface area (Å²) < 4.78 is 69.0. The summed E-state index contributed by atoms with van der Waals surface area (Å²) in [6, 6.07) is 0. The number of nitrogens with zero attached hydrogens (tertiary/aromatic N) is 5. The number of carboxylic acids is 2. The quantitative estimate of drug-likeness (QED) is 0.574. The maximum Gasteiger partial charge on any atom is 0.490 e. The van der Waals surface area contributed by atoms with E-state index >= 15 is 0 Å². The summed E-state index contributed by atoms with van der Waals surface area (Å²) in [5, 5.41) is 18.6. The number of hydrogen-bond donors (Lipinski definition) is 2. The molecule has 16 heteroatoms. The van der Waals surface area contributed by atoms with Gasteiger partial charge in [0, 0.05) is 57.1 Å². The number of carbonyl (C=O) groups is 2. The van der Waals surface area contributed by atoms with E-state index in [1.54, 1.807) is 12.4 Å². The van der Waals surface area contributed by atoms with Gasteiger partial charge in [-0.25, -0.2) is 14.6 Å². The summed E-state index contributed by atoms with van der Waals surface area (Å²) in [6.07, 6.45) is -0.170. The molecular formula is C20H23F6N5O5. The molecule has 1 fully saturated rings. The Balaban J connectivity index is 0.000000271. The minimum absolute atomic E-state index is 0.910. The van der Waals surface area contributed by atoms with Crippen molar-refractivity contribution in [2.24, 2.45) is 0 Å². The predicted molar refractivity (Wildman–Crippen MR) is 110 cm³/mol. The van der Waals surface area contributed by atoms with Gasteiger partial charge in [0.05, 0.1) is 6.20 Å². The van der Waals surface area contributed by atoms with Crippen LogP contribution in [0.2, 0.25) is 0 Å². The predicted octanol–water partition coefficient (Wildman–Crippen LogP) is 2.93. The first-order valence-electron chi connectivity index (χ1n) is 10.6. The standard InChI is InChI=1S/C16H21N5O.2C2HF3O2/c1-2-4-15-13(3-1)14(19-22-15)12-20-7-9-21(10-8-20)16-11-17-5-6-18-16;2*3-2(4,5)1(6)7/h5-6,11H,1-4,7-10,12H2;2*(H,6,7). The first-order chi connectivity index (χ1) is 16.8. The Morgan fingerprint density at radius 3 is 1.97 bits per heavy atom. The summed E-state index contributed by atoms with van der Waals surface area (Å²) >= 11 is 0. The van der Waals surface area contributed by atoms with Gasteiger partial charge in [-0.3, -0.25) is 9.88 Å². The van der Waals surface area contributed by atoms with Crippen LogP contribution in [-0.2, 0) is 29.0 Å². The number of aryl methyl sites for hydroxylation is 1. The van der Waals surface area contributed by atoms with E-state index in [-0.39, 0.29) is 0 Å². The number of aliphatic carboxylic acids is 2. The van der Waals surface area contributed by atoms with Crippen molar-refractivity contribution >= 4 is 17.8 Å². The Kier molecular flexibility index (Phi) is 10.0. The summed E-state index contributed by atoms with van der Waals surface area (Å²) in [5.74, 6) is -3.42. The number of carboxylic acid groups (broad SMARTS) is 2. The van der Waals surface area contributed by atoms with E-state index in [0.29, 0.717) is 0 Å². The van der Waals surface area contributed by atoms with E-state index in [1.807, 2.05) is 6.20 Å². The lowest BCUT2D eigenvalue weighted by Crippen LogP contribution is -2.46. The van der Waals surface area contributed by atoms with E-state index in [1.165, 1.54) is 18.4 Å². The number of hydrogen-bond acceptors (Lipinski definition) is 8. The van der Waals surface area contributed by atoms with E-state index in [0.717, 1.165) is 62.8 Å². The molecule has 2 aromatic heterocycles. The van der Waals surface area contributed by atoms with Gasteiger partial charge in [-0.2, -0.15) is 26.3 Å². The average molecular weight is 527 g/mol. The van der Waals surface area contributed by atoms with Crippen LogP contribution < -0.4 is 4.90 Å². The summed E-state index contributed by atoms with van der Waals surface area (Å²) in [4.78, 5) is 31.1. The van der Waals surface area contributed by atoms with Crippen LogP contribution in [0.25, 0.3) is 0 Å². The molecule has 2 aliphatic rings. The Bertz CT molecular complexity index is 967. The van der Waals surface area contributed by atoms with Gasteiger partial charge in [0.15, 0.2) is 0 Å². The molecule has 36 heavy (non-hydrogen) atoms. The second-order valence-corrected chi connectivity index (χ2v) is 7.67.